The molecule has 0 radical (unpaired) electrons. The van der Waals surface area contributed by atoms with Gasteiger partial charge < -0.3 is 15.4 Å². The maximum Gasteiger partial charge on any atom is 0.228 e. The van der Waals surface area contributed by atoms with E-state index in [0.717, 1.165) is 39.0 Å². The topological polar surface area (TPSA) is 55.6 Å². The summed E-state index contributed by atoms with van der Waals surface area (Å²) in [6.07, 6.45) is 3.01. The summed E-state index contributed by atoms with van der Waals surface area (Å²) < 4.78 is 5.36. The molecule has 0 spiro atoms. The van der Waals surface area contributed by atoms with Crippen molar-refractivity contribution < 1.29 is 9.53 Å². The Kier molecular flexibility index (Phi) is 3.82. The van der Waals surface area contributed by atoms with E-state index in [1.165, 1.54) is 0 Å². The van der Waals surface area contributed by atoms with E-state index in [0.29, 0.717) is 12.5 Å². The molecular weight excluding hydrogens is 204 g/mol. The number of carbonyl (C=O) groups is 1. The van der Waals surface area contributed by atoms with Crippen molar-refractivity contribution in [3.63, 3.8) is 0 Å². The van der Waals surface area contributed by atoms with Gasteiger partial charge in [-0.2, -0.15) is 0 Å². The Hall–Kier alpha value is -0.610. The molecule has 2 fully saturated rings. The first kappa shape index (κ1) is 11.9. The smallest absolute Gasteiger partial charge is 0.228 e. The van der Waals surface area contributed by atoms with Crippen molar-refractivity contribution >= 4 is 5.91 Å². The van der Waals surface area contributed by atoms with E-state index in [4.69, 9.17) is 10.5 Å². The lowest BCUT2D eigenvalue weighted by Gasteiger charge is -2.37. The second-order valence-electron chi connectivity index (χ2n) is 5.13. The first-order chi connectivity index (χ1) is 7.68. The zero-order valence-corrected chi connectivity index (χ0v) is 10.0. The Morgan fingerprint density at radius 1 is 1.44 bits per heavy atom. The highest BCUT2D eigenvalue weighted by Crippen LogP contribution is 2.21. The van der Waals surface area contributed by atoms with E-state index in [-0.39, 0.29) is 17.9 Å². The van der Waals surface area contributed by atoms with Crippen LogP contribution in [0.2, 0.25) is 0 Å². The van der Waals surface area contributed by atoms with Crippen LogP contribution in [0.5, 0.6) is 0 Å². The van der Waals surface area contributed by atoms with Crippen LogP contribution in [-0.2, 0) is 9.53 Å². The lowest BCUT2D eigenvalue weighted by molar-refractivity contribution is -0.141. The summed E-state index contributed by atoms with van der Waals surface area (Å²) >= 11 is 0. The van der Waals surface area contributed by atoms with Crippen molar-refractivity contribution in [1.29, 1.82) is 0 Å². The molecule has 2 aliphatic heterocycles. The molecule has 3 atom stereocenters. The third-order valence-corrected chi connectivity index (χ3v) is 3.84. The molecule has 2 N–H and O–H groups in total. The Bertz CT molecular complexity index is 251. The number of hydrogen-bond donors (Lipinski definition) is 1. The van der Waals surface area contributed by atoms with E-state index in [2.05, 4.69) is 6.92 Å². The van der Waals surface area contributed by atoms with Gasteiger partial charge in [0.25, 0.3) is 0 Å². The number of piperidine rings is 1. The lowest BCUT2D eigenvalue weighted by atomic mass is 9.92. The fourth-order valence-corrected chi connectivity index (χ4v) is 2.49. The Balaban J connectivity index is 1.89. The van der Waals surface area contributed by atoms with Crippen molar-refractivity contribution in [2.75, 3.05) is 26.3 Å². The van der Waals surface area contributed by atoms with Crippen molar-refractivity contribution in [3.05, 3.63) is 0 Å². The SMILES string of the molecule is CC1CCN(C(=O)C2CCCOC2)CC1N. The fraction of sp³-hybridized carbons (Fsp3) is 0.917. The molecule has 0 aromatic carbocycles. The summed E-state index contributed by atoms with van der Waals surface area (Å²) in [6, 6.07) is 0.141. The predicted octanol–water partition coefficient (Wildman–Crippen LogP) is 0.609. The van der Waals surface area contributed by atoms with Gasteiger partial charge in [-0.05, 0) is 25.2 Å². The van der Waals surface area contributed by atoms with Crippen LogP contribution in [0.15, 0.2) is 0 Å². The molecule has 0 saturated carbocycles. The maximum atomic E-state index is 12.2. The van der Waals surface area contributed by atoms with Crippen LogP contribution in [0.25, 0.3) is 0 Å². The summed E-state index contributed by atoms with van der Waals surface area (Å²) in [7, 11) is 0. The van der Waals surface area contributed by atoms with Gasteiger partial charge in [-0.3, -0.25) is 4.79 Å². The highest BCUT2D eigenvalue weighted by molar-refractivity contribution is 5.79. The van der Waals surface area contributed by atoms with Gasteiger partial charge in [0.2, 0.25) is 5.91 Å². The minimum absolute atomic E-state index is 0.0781. The van der Waals surface area contributed by atoms with E-state index >= 15 is 0 Å². The van der Waals surface area contributed by atoms with Gasteiger partial charge in [-0.1, -0.05) is 6.92 Å². The molecule has 2 heterocycles. The van der Waals surface area contributed by atoms with Crippen LogP contribution in [0.1, 0.15) is 26.2 Å². The first-order valence-electron chi connectivity index (χ1n) is 6.30. The summed E-state index contributed by atoms with van der Waals surface area (Å²) in [5.41, 5.74) is 6.01. The molecule has 4 nitrogen and oxygen atoms in total. The second kappa shape index (κ2) is 5.15. The van der Waals surface area contributed by atoms with Gasteiger partial charge in [0.1, 0.15) is 0 Å². The third-order valence-electron chi connectivity index (χ3n) is 3.84. The number of carbonyl (C=O) groups excluding carboxylic acids is 1. The van der Waals surface area contributed by atoms with Crippen LogP contribution in [0.4, 0.5) is 0 Å². The molecule has 0 aromatic rings. The molecule has 2 saturated heterocycles. The monoisotopic (exact) mass is 226 g/mol. The highest BCUT2D eigenvalue weighted by atomic mass is 16.5. The molecule has 16 heavy (non-hydrogen) atoms. The summed E-state index contributed by atoms with van der Waals surface area (Å²) in [5.74, 6) is 0.864. The van der Waals surface area contributed by atoms with Gasteiger partial charge in [-0.25, -0.2) is 0 Å². The molecule has 1 amide bonds. The number of amides is 1. The lowest BCUT2D eigenvalue weighted by Crippen LogP contribution is -2.52. The van der Waals surface area contributed by atoms with Crippen molar-refractivity contribution in [1.82, 2.24) is 4.90 Å². The van der Waals surface area contributed by atoms with Crippen LogP contribution in [-0.4, -0.2) is 43.2 Å². The largest absolute Gasteiger partial charge is 0.381 e. The van der Waals surface area contributed by atoms with E-state index in [1.54, 1.807) is 0 Å². The molecule has 2 rings (SSSR count). The average molecular weight is 226 g/mol. The molecule has 0 aromatic heterocycles. The molecule has 0 aliphatic carbocycles. The standard InChI is InChI=1S/C12H22N2O2/c1-9-4-5-14(7-11(9)13)12(15)10-3-2-6-16-8-10/h9-11H,2-8,13H2,1H3. The van der Waals surface area contributed by atoms with E-state index in [9.17, 15) is 4.79 Å². The van der Waals surface area contributed by atoms with Crippen LogP contribution >= 0.6 is 0 Å². The number of nitrogens with zero attached hydrogens (tertiary/aromatic N) is 1. The quantitative estimate of drug-likeness (QED) is 0.712. The minimum atomic E-state index is 0.0781. The second-order valence-corrected chi connectivity index (χ2v) is 5.13. The minimum Gasteiger partial charge on any atom is -0.381 e. The van der Waals surface area contributed by atoms with Crippen molar-refractivity contribution in [2.24, 2.45) is 17.6 Å². The fourth-order valence-electron chi connectivity index (χ4n) is 2.49. The van der Waals surface area contributed by atoms with E-state index in [1.807, 2.05) is 4.90 Å². The van der Waals surface area contributed by atoms with Crippen molar-refractivity contribution in [3.8, 4) is 0 Å². The van der Waals surface area contributed by atoms with Gasteiger partial charge in [-0.15, -0.1) is 0 Å². The van der Waals surface area contributed by atoms with Gasteiger partial charge in [0, 0.05) is 25.7 Å². The number of hydrogen-bond acceptors (Lipinski definition) is 3. The molecule has 92 valence electrons. The number of likely N-dealkylation sites (tertiary alicyclic amines) is 1. The van der Waals surface area contributed by atoms with Gasteiger partial charge >= 0.3 is 0 Å². The van der Waals surface area contributed by atoms with E-state index < -0.39 is 0 Å². The molecule has 3 unspecified atom stereocenters. The average Bonchev–Trinajstić information content (AvgIpc) is 2.33. The van der Waals surface area contributed by atoms with Gasteiger partial charge in [0.15, 0.2) is 0 Å². The summed E-state index contributed by atoms with van der Waals surface area (Å²) in [6.45, 7) is 5.15. The predicted molar refractivity (Wildman–Crippen MR) is 61.9 cm³/mol. The molecular formula is C12H22N2O2. The first-order valence-corrected chi connectivity index (χ1v) is 6.30. The third kappa shape index (κ3) is 2.55. The number of nitrogens with two attached hydrogens (primary N) is 1. The Morgan fingerprint density at radius 2 is 2.25 bits per heavy atom. The zero-order chi connectivity index (χ0) is 11.5. The van der Waals surface area contributed by atoms with Crippen LogP contribution in [0, 0.1) is 11.8 Å². The molecule has 2 aliphatic rings. The zero-order valence-electron chi connectivity index (χ0n) is 10.0. The van der Waals surface area contributed by atoms with Crippen LogP contribution in [0.3, 0.4) is 0 Å². The molecule has 0 bridgehead atoms. The van der Waals surface area contributed by atoms with Crippen molar-refractivity contribution in [2.45, 2.75) is 32.2 Å². The normalized spacial score (nSPS) is 36.1. The summed E-state index contributed by atoms with van der Waals surface area (Å²) in [4.78, 5) is 14.1. The van der Waals surface area contributed by atoms with Crippen LogP contribution < -0.4 is 5.73 Å². The maximum absolute atomic E-state index is 12.2. The molecule has 4 heteroatoms. The van der Waals surface area contributed by atoms with Gasteiger partial charge in [0.05, 0.1) is 12.5 Å². The Labute approximate surface area is 97.1 Å². The summed E-state index contributed by atoms with van der Waals surface area (Å²) in [5, 5.41) is 0. The highest BCUT2D eigenvalue weighted by Gasteiger charge is 2.31. The number of ether oxygens (including phenoxy) is 1. The number of rotatable bonds is 1. The Morgan fingerprint density at radius 3 is 2.88 bits per heavy atom.